The number of nitrogens with one attached hydrogen (secondary N) is 1. The van der Waals surface area contributed by atoms with Gasteiger partial charge < -0.3 is 10.1 Å². The average Bonchev–Trinajstić information content (AvgIpc) is 2.94. The molecule has 1 N–H and O–H groups in total. The van der Waals surface area contributed by atoms with E-state index in [0.29, 0.717) is 6.54 Å². The predicted molar refractivity (Wildman–Crippen MR) is 77.9 cm³/mol. The zero-order valence-electron chi connectivity index (χ0n) is 11.1. The van der Waals surface area contributed by atoms with Crippen molar-refractivity contribution >= 4 is 17.2 Å². The highest BCUT2D eigenvalue weighted by atomic mass is 32.1. The van der Waals surface area contributed by atoms with Gasteiger partial charge in [0.2, 0.25) is 0 Å². The largest absolute Gasteiger partial charge is 0.497 e. The Morgan fingerprint density at radius 2 is 2.16 bits per heavy atom. The summed E-state index contributed by atoms with van der Waals surface area (Å²) in [5.41, 5.74) is 1.03. The number of benzene rings is 1. The van der Waals surface area contributed by atoms with Crippen molar-refractivity contribution in [3.63, 3.8) is 0 Å². The second-order valence-corrected chi connectivity index (χ2v) is 5.32. The Hall–Kier alpha value is -1.81. The molecule has 0 aliphatic heterocycles. The molecule has 19 heavy (non-hydrogen) atoms. The van der Waals surface area contributed by atoms with Crippen molar-refractivity contribution in [1.82, 2.24) is 5.32 Å². The molecule has 2 rings (SSSR count). The lowest BCUT2D eigenvalue weighted by Crippen LogP contribution is -2.21. The van der Waals surface area contributed by atoms with E-state index in [2.05, 4.69) is 12.2 Å². The second-order valence-electron chi connectivity index (χ2n) is 4.15. The van der Waals surface area contributed by atoms with Crippen LogP contribution in [0.15, 0.2) is 36.4 Å². The van der Waals surface area contributed by atoms with E-state index in [1.807, 2.05) is 36.4 Å². The van der Waals surface area contributed by atoms with Crippen molar-refractivity contribution in [2.24, 2.45) is 0 Å². The molecule has 3 nitrogen and oxygen atoms in total. The van der Waals surface area contributed by atoms with Gasteiger partial charge in [-0.2, -0.15) is 0 Å². The van der Waals surface area contributed by atoms with Gasteiger partial charge in [0.25, 0.3) is 5.91 Å². The monoisotopic (exact) mass is 275 g/mol. The van der Waals surface area contributed by atoms with Gasteiger partial charge >= 0.3 is 0 Å². The lowest BCUT2D eigenvalue weighted by Gasteiger charge is -2.05. The van der Waals surface area contributed by atoms with E-state index >= 15 is 0 Å². The molecule has 0 saturated carbocycles. The molecule has 0 fully saturated rings. The topological polar surface area (TPSA) is 38.3 Å². The summed E-state index contributed by atoms with van der Waals surface area (Å²) in [6.45, 7) is 2.60. The van der Waals surface area contributed by atoms with Crippen molar-refractivity contribution in [1.29, 1.82) is 0 Å². The number of carbonyl (C=O) groups excluding carboxylic acids is 1. The maximum Gasteiger partial charge on any atom is 0.261 e. The Bertz CT molecular complexity index is 563. The average molecular weight is 275 g/mol. The van der Waals surface area contributed by atoms with Crippen LogP contribution in [0.4, 0.5) is 0 Å². The van der Waals surface area contributed by atoms with E-state index in [-0.39, 0.29) is 5.91 Å². The zero-order chi connectivity index (χ0) is 13.7. The number of carbonyl (C=O) groups is 1. The minimum absolute atomic E-state index is 0.0208. The number of aryl methyl sites for hydroxylation is 1. The fourth-order valence-electron chi connectivity index (χ4n) is 1.74. The van der Waals surface area contributed by atoms with Crippen molar-refractivity contribution in [2.45, 2.75) is 19.9 Å². The van der Waals surface area contributed by atoms with E-state index in [9.17, 15) is 4.79 Å². The number of ether oxygens (including phenoxy) is 1. The number of methoxy groups -OCH3 is 1. The molecule has 1 heterocycles. The first kappa shape index (κ1) is 13.6. The van der Waals surface area contributed by atoms with Crippen LogP contribution in [0.25, 0.3) is 0 Å². The fourth-order valence-corrected chi connectivity index (χ4v) is 2.61. The van der Waals surface area contributed by atoms with E-state index in [1.165, 1.54) is 4.88 Å². The number of hydrogen-bond donors (Lipinski definition) is 1. The van der Waals surface area contributed by atoms with Crippen LogP contribution >= 0.6 is 11.3 Å². The Balaban J connectivity index is 1.96. The Morgan fingerprint density at radius 1 is 1.32 bits per heavy atom. The number of thiophene rings is 1. The molecule has 4 heteroatoms. The van der Waals surface area contributed by atoms with Crippen LogP contribution in [0, 0.1) is 0 Å². The minimum atomic E-state index is -0.0208. The van der Waals surface area contributed by atoms with Gasteiger partial charge in [-0.25, -0.2) is 0 Å². The summed E-state index contributed by atoms with van der Waals surface area (Å²) in [6.07, 6.45) is 0.966. The molecule has 0 bridgehead atoms. The zero-order valence-corrected chi connectivity index (χ0v) is 11.9. The van der Waals surface area contributed by atoms with Crippen LogP contribution < -0.4 is 10.1 Å². The van der Waals surface area contributed by atoms with Gasteiger partial charge in [-0.05, 0) is 36.2 Å². The Labute approximate surface area is 117 Å². The first-order chi connectivity index (χ1) is 9.22. The molecular weight excluding hydrogens is 258 g/mol. The highest BCUT2D eigenvalue weighted by Gasteiger charge is 2.08. The van der Waals surface area contributed by atoms with Crippen molar-refractivity contribution in [3.8, 4) is 5.75 Å². The molecular formula is C15H17NO2S. The highest BCUT2D eigenvalue weighted by Crippen LogP contribution is 2.17. The van der Waals surface area contributed by atoms with Gasteiger partial charge in [-0.3, -0.25) is 4.79 Å². The smallest absolute Gasteiger partial charge is 0.261 e. The van der Waals surface area contributed by atoms with E-state index in [1.54, 1.807) is 18.4 Å². The molecule has 2 aromatic rings. The molecule has 0 unspecified atom stereocenters. The summed E-state index contributed by atoms with van der Waals surface area (Å²) in [5, 5.41) is 2.92. The van der Waals surface area contributed by atoms with E-state index in [0.717, 1.165) is 22.6 Å². The SMILES string of the molecule is CCc1ccc(C(=O)NCc2cccc(OC)c2)s1. The first-order valence-corrected chi connectivity index (χ1v) is 7.04. The van der Waals surface area contributed by atoms with Crippen LogP contribution in [0.2, 0.25) is 0 Å². The third-order valence-electron chi connectivity index (χ3n) is 2.82. The molecule has 0 aliphatic carbocycles. The summed E-state index contributed by atoms with van der Waals surface area (Å²) < 4.78 is 5.15. The van der Waals surface area contributed by atoms with Crippen molar-refractivity contribution < 1.29 is 9.53 Å². The summed E-state index contributed by atoms with van der Waals surface area (Å²) in [5.74, 6) is 0.781. The number of amides is 1. The molecule has 0 saturated heterocycles. The molecule has 0 spiro atoms. The van der Waals surface area contributed by atoms with Gasteiger partial charge in [0.05, 0.1) is 12.0 Å². The number of rotatable bonds is 5. The predicted octanol–water partition coefficient (Wildman–Crippen LogP) is 3.25. The molecule has 0 aliphatic rings. The first-order valence-electron chi connectivity index (χ1n) is 6.22. The van der Waals surface area contributed by atoms with Gasteiger partial charge in [0.1, 0.15) is 5.75 Å². The number of hydrogen-bond acceptors (Lipinski definition) is 3. The summed E-state index contributed by atoms with van der Waals surface area (Å²) in [6, 6.07) is 11.6. The van der Waals surface area contributed by atoms with Gasteiger partial charge in [-0.1, -0.05) is 19.1 Å². The summed E-state index contributed by atoms with van der Waals surface area (Å²) in [4.78, 5) is 14.0. The van der Waals surface area contributed by atoms with Crippen LogP contribution in [0.3, 0.4) is 0 Å². The fraction of sp³-hybridized carbons (Fsp3) is 0.267. The molecule has 0 radical (unpaired) electrons. The van der Waals surface area contributed by atoms with E-state index in [4.69, 9.17) is 4.74 Å². The Kier molecular flexibility index (Phi) is 4.58. The van der Waals surface area contributed by atoms with Gasteiger partial charge in [0, 0.05) is 11.4 Å². The van der Waals surface area contributed by atoms with Gasteiger partial charge in [-0.15, -0.1) is 11.3 Å². The van der Waals surface area contributed by atoms with Crippen molar-refractivity contribution in [3.05, 3.63) is 51.7 Å². The van der Waals surface area contributed by atoms with Crippen LogP contribution in [-0.2, 0) is 13.0 Å². The summed E-state index contributed by atoms with van der Waals surface area (Å²) >= 11 is 1.55. The normalized spacial score (nSPS) is 10.2. The highest BCUT2D eigenvalue weighted by molar-refractivity contribution is 7.14. The Morgan fingerprint density at radius 3 is 2.84 bits per heavy atom. The van der Waals surface area contributed by atoms with Crippen molar-refractivity contribution in [2.75, 3.05) is 7.11 Å². The summed E-state index contributed by atoms with van der Waals surface area (Å²) in [7, 11) is 1.63. The molecule has 1 aromatic carbocycles. The van der Waals surface area contributed by atoms with Crippen LogP contribution in [0.1, 0.15) is 27.0 Å². The molecule has 1 amide bonds. The molecule has 100 valence electrons. The van der Waals surface area contributed by atoms with Gasteiger partial charge in [0.15, 0.2) is 0 Å². The van der Waals surface area contributed by atoms with E-state index < -0.39 is 0 Å². The molecule has 1 aromatic heterocycles. The minimum Gasteiger partial charge on any atom is -0.497 e. The van der Waals surface area contributed by atoms with Crippen LogP contribution in [0.5, 0.6) is 5.75 Å². The molecule has 0 atom stereocenters. The van der Waals surface area contributed by atoms with Crippen LogP contribution in [-0.4, -0.2) is 13.0 Å². The lowest BCUT2D eigenvalue weighted by molar-refractivity contribution is 0.0955. The third kappa shape index (κ3) is 3.58. The quantitative estimate of drug-likeness (QED) is 0.909. The third-order valence-corrected chi connectivity index (χ3v) is 4.05. The second kappa shape index (κ2) is 6.38. The maximum absolute atomic E-state index is 12.0. The standard InChI is InChI=1S/C15H17NO2S/c1-3-13-7-8-14(19-13)15(17)16-10-11-5-4-6-12(9-11)18-2/h4-9H,3,10H2,1-2H3,(H,16,17). The maximum atomic E-state index is 12.0. The lowest BCUT2D eigenvalue weighted by atomic mass is 10.2.